The van der Waals surface area contributed by atoms with Crippen molar-refractivity contribution in [2.75, 3.05) is 13.1 Å². The molecule has 0 unspecified atom stereocenters. The van der Waals surface area contributed by atoms with Gasteiger partial charge in [0.15, 0.2) is 0 Å². The maximum Gasteiger partial charge on any atom is 0.233 e. The van der Waals surface area contributed by atoms with Crippen LogP contribution in [0.4, 0.5) is 4.39 Å². The van der Waals surface area contributed by atoms with E-state index < -0.39 is 5.41 Å². The van der Waals surface area contributed by atoms with Gasteiger partial charge >= 0.3 is 0 Å². The molecule has 96 valence electrons. The number of carbonyl (C=O) groups is 1. The number of likely N-dealkylation sites (tertiary alicyclic amines) is 1. The van der Waals surface area contributed by atoms with E-state index in [1.165, 1.54) is 6.07 Å². The molecule has 1 heterocycles. The van der Waals surface area contributed by atoms with E-state index in [-0.39, 0.29) is 17.8 Å². The predicted octanol–water partition coefficient (Wildman–Crippen LogP) is 1.42. The zero-order valence-corrected chi connectivity index (χ0v) is 10.2. The Morgan fingerprint density at radius 3 is 2.67 bits per heavy atom. The van der Waals surface area contributed by atoms with Crippen molar-refractivity contribution in [2.45, 2.75) is 30.7 Å². The molecule has 2 aliphatic rings. The fourth-order valence-corrected chi connectivity index (χ4v) is 2.85. The van der Waals surface area contributed by atoms with Crippen LogP contribution in [0.25, 0.3) is 0 Å². The van der Waals surface area contributed by atoms with Crippen LogP contribution in [0.3, 0.4) is 0 Å². The molecule has 2 N–H and O–H groups in total. The van der Waals surface area contributed by atoms with Gasteiger partial charge in [-0.1, -0.05) is 18.2 Å². The minimum Gasteiger partial charge on any atom is -0.340 e. The molecule has 1 aliphatic carbocycles. The molecule has 0 spiro atoms. The summed E-state index contributed by atoms with van der Waals surface area (Å²) in [5.74, 6) is -0.215. The highest BCUT2D eigenvalue weighted by atomic mass is 19.1. The molecule has 18 heavy (non-hydrogen) atoms. The van der Waals surface area contributed by atoms with Crippen LogP contribution in [0, 0.1) is 5.82 Å². The van der Waals surface area contributed by atoms with E-state index in [1.807, 2.05) is 0 Å². The van der Waals surface area contributed by atoms with Gasteiger partial charge in [0.1, 0.15) is 5.82 Å². The van der Waals surface area contributed by atoms with Crippen LogP contribution < -0.4 is 5.73 Å². The molecule has 1 atom stereocenters. The monoisotopic (exact) mass is 248 g/mol. The highest BCUT2D eigenvalue weighted by Crippen LogP contribution is 2.50. The van der Waals surface area contributed by atoms with Crippen LogP contribution in [0.2, 0.25) is 0 Å². The first kappa shape index (κ1) is 11.7. The van der Waals surface area contributed by atoms with Gasteiger partial charge in [-0.3, -0.25) is 4.79 Å². The van der Waals surface area contributed by atoms with Gasteiger partial charge in [0.05, 0.1) is 5.41 Å². The van der Waals surface area contributed by atoms with E-state index in [0.717, 1.165) is 19.3 Å². The lowest BCUT2D eigenvalue weighted by molar-refractivity contribution is -0.133. The summed E-state index contributed by atoms with van der Waals surface area (Å²) in [5.41, 5.74) is 5.78. The summed E-state index contributed by atoms with van der Waals surface area (Å²) in [6, 6.07) is 6.69. The smallest absolute Gasteiger partial charge is 0.233 e. The fourth-order valence-electron chi connectivity index (χ4n) is 2.85. The van der Waals surface area contributed by atoms with Crippen molar-refractivity contribution < 1.29 is 9.18 Å². The molecule has 3 rings (SSSR count). The Kier molecular flexibility index (Phi) is 2.63. The number of nitrogens with zero attached hydrogens (tertiary/aromatic N) is 1. The average molecular weight is 248 g/mol. The Morgan fingerprint density at radius 2 is 2.11 bits per heavy atom. The molecular formula is C14H17FN2O. The molecular weight excluding hydrogens is 231 g/mol. The van der Waals surface area contributed by atoms with E-state index in [1.54, 1.807) is 23.1 Å². The minimum absolute atomic E-state index is 0.0561. The molecule has 1 aromatic carbocycles. The largest absolute Gasteiger partial charge is 0.340 e. The Labute approximate surface area is 106 Å². The van der Waals surface area contributed by atoms with Gasteiger partial charge in [-0.2, -0.15) is 0 Å². The first-order valence-electron chi connectivity index (χ1n) is 6.43. The van der Waals surface area contributed by atoms with Gasteiger partial charge in [-0.15, -0.1) is 0 Å². The first-order valence-corrected chi connectivity index (χ1v) is 6.43. The molecule has 1 aliphatic heterocycles. The van der Waals surface area contributed by atoms with E-state index in [2.05, 4.69) is 0 Å². The molecule has 1 amide bonds. The third-order valence-electron chi connectivity index (χ3n) is 4.06. The third kappa shape index (κ3) is 1.72. The number of hydrogen-bond donors (Lipinski definition) is 1. The molecule has 1 saturated heterocycles. The van der Waals surface area contributed by atoms with Crippen molar-refractivity contribution in [1.29, 1.82) is 0 Å². The molecule has 0 bridgehead atoms. The van der Waals surface area contributed by atoms with E-state index in [4.69, 9.17) is 5.73 Å². The van der Waals surface area contributed by atoms with E-state index in [0.29, 0.717) is 18.7 Å². The van der Waals surface area contributed by atoms with Crippen molar-refractivity contribution in [3.8, 4) is 0 Å². The van der Waals surface area contributed by atoms with Gasteiger partial charge in [0.25, 0.3) is 0 Å². The molecule has 0 radical (unpaired) electrons. The summed E-state index contributed by atoms with van der Waals surface area (Å²) in [6.45, 7) is 1.31. The summed E-state index contributed by atoms with van der Waals surface area (Å²) >= 11 is 0. The van der Waals surface area contributed by atoms with Gasteiger partial charge in [-0.25, -0.2) is 4.39 Å². The maximum absolute atomic E-state index is 13.9. The Morgan fingerprint density at radius 1 is 1.39 bits per heavy atom. The molecule has 1 saturated carbocycles. The van der Waals surface area contributed by atoms with Gasteiger partial charge in [0, 0.05) is 24.7 Å². The fraction of sp³-hybridized carbons (Fsp3) is 0.500. The van der Waals surface area contributed by atoms with Crippen LogP contribution in [0.5, 0.6) is 0 Å². The second kappa shape index (κ2) is 4.05. The first-order chi connectivity index (χ1) is 8.63. The number of benzene rings is 1. The number of amides is 1. The van der Waals surface area contributed by atoms with Crippen molar-refractivity contribution in [3.63, 3.8) is 0 Å². The maximum atomic E-state index is 13.9. The highest BCUT2D eigenvalue weighted by molar-refractivity contribution is 5.91. The zero-order valence-electron chi connectivity index (χ0n) is 10.2. The zero-order chi connectivity index (χ0) is 12.8. The van der Waals surface area contributed by atoms with Crippen molar-refractivity contribution >= 4 is 5.91 Å². The lowest BCUT2D eigenvalue weighted by Crippen LogP contribution is -2.39. The molecule has 2 fully saturated rings. The van der Waals surface area contributed by atoms with Crippen LogP contribution in [0.1, 0.15) is 24.8 Å². The predicted molar refractivity (Wildman–Crippen MR) is 66.5 cm³/mol. The van der Waals surface area contributed by atoms with Gasteiger partial charge in [-0.05, 0) is 25.3 Å². The lowest BCUT2D eigenvalue weighted by Gasteiger charge is -2.23. The topological polar surface area (TPSA) is 46.3 Å². The lowest BCUT2D eigenvalue weighted by atomic mass is 9.94. The highest BCUT2D eigenvalue weighted by Gasteiger charge is 2.54. The van der Waals surface area contributed by atoms with E-state index in [9.17, 15) is 9.18 Å². The Bertz CT molecular complexity index is 484. The van der Waals surface area contributed by atoms with Gasteiger partial charge < -0.3 is 10.6 Å². The van der Waals surface area contributed by atoms with E-state index >= 15 is 0 Å². The molecule has 4 heteroatoms. The number of halogens is 1. The normalized spacial score (nSPS) is 25.2. The van der Waals surface area contributed by atoms with Crippen LogP contribution >= 0.6 is 0 Å². The van der Waals surface area contributed by atoms with Gasteiger partial charge in [0.2, 0.25) is 5.91 Å². The van der Waals surface area contributed by atoms with Crippen LogP contribution in [-0.4, -0.2) is 29.9 Å². The number of nitrogens with two attached hydrogens (primary N) is 1. The average Bonchev–Trinajstić information content (AvgIpc) is 3.05. The SMILES string of the molecule is N[C@@H]1CCN(C(=O)C2(c3ccccc3F)CC2)C1. The summed E-state index contributed by atoms with van der Waals surface area (Å²) in [5, 5.41) is 0. The molecule has 0 aromatic heterocycles. The summed E-state index contributed by atoms with van der Waals surface area (Å²) in [7, 11) is 0. The summed E-state index contributed by atoms with van der Waals surface area (Å²) in [6.07, 6.45) is 2.34. The van der Waals surface area contributed by atoms with Crippen LogP contribution in [0.15, 0.2) is 24.3 Å². The second-order valence-corrected chi connectivity index (χ2v) is 5.36. The standard InChI is InChI=1S/C14H17FN2O/c15-12-4-2-1-3-11(12)14(6-7-14)13(18)17-8-5-10(16)9-17/h1-4,10H,5-9,16H2/t10-/m1/s1. The number of carbonyl (C=O) groups excluding carboxylic acids is 1. The van der Waals surface area contributed by atoms with Crippen molar-refractivity contribution in [1.82, 2.24) is 4.90 Å². The summed E-state index contributed by atoms with van der Waals surface area (Å²) < 4.78 is 13.9. The minimum atomic E-state index is -0.602. The summed E-state index contributed by atoms with van der Waals surface area (Å²) in [4.78, 5) is 14.3. The van der Waals surface area contributed by atoms with Crippen molar-refractivity contribution in [2.24, 2.45) is 5.73 Å². The van der Waals surface area contributed by atoms with Crippen molar-refractivity contribution in [3.05, 3.63) is 35.6 Å². The number of rotatable bonds is 2. The second-order valence-electron chi connectivity index (χ2n) is 5.36. The Balaban J connectivity index is 1.87. The quantitative estimate of drug-likeness (QED) is 0.860. The molecule has 3 nitrogen and oxygen atoms in total. The van der Waals surface area contributed by atoms with Crippen LogP contribution in [-0.2, 0) is 10.2 Å². The third-order valence-corrected chi connectivity index (χ3v) is 4.06. The number of hydrogen-bond acceptors (Lipinski definition) is 2. The molecule has 1 aromatic rings. The Hall–Kier alpha value is -1.42.